The zero-order valence-electron chi connectivity index (χ0n) is 16.7. The monoisotopic (exact) mass is 393 g/mol. The smallest absolute Gasteiger partial charge is 0.255 e. The molecule has 1 amide bonds. The Morgan fingerprint density at radius 1 is 1.31 bits per heavy atom. The van der Waals surface area contributed by atoms with Crippen LogP contribution in [0.3, 0.4) is 0 Å². The first-order valence-corrected chi connectivity index (χ1v) is 9.48. The molecule has 0 unspecified atom stereocenters. The van der Waals surface area contributed by atoms with Gasteiger partial charge in [0.1, 0.15) is 23.8 Å². The van der Waals surface area contributed by atoms with Gasteiger partial charge in [0.15, 0.2) is 0 Å². The fourth-order valence-corrected chi connectivity index (χ4v) is 3.16. The topological polar surface area (TPSA) is 83.2 Å². The molecule has 1 aromatic carbocycles. The molecule has 150 valence electrons. The number of carbonyl (C=O) groups is 1. The van der Waals surface area contributed by atoms with Gasteiger partial charge >= 0.3 is 0 Å². The molecule has 0 saturated heterocycles. The number of anilines is 1. The quantitative estimate of drug-likeness (QED) is 0.696. The first kappa shape index (κ1) is 18.8. The van der Waals surface area contributed by atoms with Crippen molar-refractivity contribution in [3.63, 3.8) is 0 Å². The van der Waals surface area contributed by atoms with E-state index in [4.69, 9.17) is 9.47 Å². The lowest BCUT2D eigenvalue weighted by molar-refractivity contribution is -0.113. The molecule has 29 heavy (non-hydrogen) atoms. The molecular formula is C21H23N5O3. The molecule has 0 spiro atoms. The van der Waals surface area contributed by atoms with Crippen LogP contribution in [0.5, 0.6) is 11.5 Å². The Bertz CT molecular complexity index is 1080. The van der Waals surface area contributed by atoms with Crippen LogP contribution in [0.25, 0.3) is 17.5 Å². The Hall–Kier alpha value is -3.55. The van der Waals surface area contributed by atoms with E-state index in [1.807, 2.05) is 44.4 Å². The number of rotatable bonds is 6. The molecule has 0 atom stereocenters. The molecule has 0 saturated carbocycles. The van der Waals surface area contributed by atoms with Gasteiger partial charge in [0, 0.05) is 38.1 Å². The lowest BCUT2D eigenvalue weighted by Gasteiger charge is -2.18. The zero-order chi connectivity index (χ0) is 20.4. The Labute approximate surface area is 168 Å². The van der Waals surface area contributed by atoms with Crippen LogP contribution in [-0.2, 0) is 18.9 Å². The number of benzene rings is 1. The number of aryl methyl sites for hydroxylation is 2. The van der Waals surface area contributed by atoms with Crippen molar-refractivity contribution < 1.29 is 14.3 Å². The molecule has 0 aliphatic carbocycles. The van der Waals surface area contributed by atoms with Crippen LogP contribution in [0, 0.1) is 0 Å². The molecule has 0 radical (unpaired) electrons. The number of nitrogens with one attached hydrogen (secondary N) is 1. The van der Waals surface area contributed by atoms with E-state index in [1.165, 1.54) is 0 Å². The maximum Gasteiger partial charge on any atom is 0.255 e. The minimum atomic E-state index is -0.224. The van der Waals surface area contributed by atoms with E-state index in [0.717, 1.165) is 23.4 Å². The van der Waals surface area contributed by atoms with E-state index in [-0.39, 0.29) is 12.5 Å². The molecule has 2 aromatic heterocycles. The molecule has 0 fully saturated rings. The number of fused-ring (bicyclic) bond motifs is 1. The van der Waals surface area contributed by atoms with Crippen LogP contribution < -0.4 is 14.8 Å². The fourth-order valence-electron chi connectivity index (χ4n) is 3.16. The van der Waals surface area contributed by atoms with E-state index in [2.05, 4.69) is 22.4 Å². The maximum absolute atomic E-state index is 12.9. The summed E-state index contributed by atoms with van der Waals surface area (Å²) in [6.45, 7) is 2.91. The molecule has 0 bridgehead atoms. The van der Waals surface area contributed by atoms with E-state index in [9.17, 15) is 4.79 Å². The Morgan fingerprint density at radius 2 is 2.17 bits per heavy atom. The third-order valence-corrected chi connectivity index (χ3v) is 4.60. The van der Waals surface area contributed by atoms with Gasteiger partial charge in [-0.1, -0.05) is 6.92 Å². The average Bonchev–Trinajstić information content (AvgIpc) is 3.30. The van der Waals surface area contributed by atoms with Gasteiger partial charge in [0.05, 0.1) is 23.6 Å². The molecule has 8 nitrogen and oxygen atoms in total. The van der Waals surface area contributed by atoms with Crippen molar-refractivity contribution in [2.45, 2.75) is 13.3 Å². The second-order valence-electron chi connectivity index (χ2n) is 6.87. The number of aromatic nitrogens is 4. The van der Waals surface area contributed by atoms with Gasteiger partial charge in [-0.05, 0) is 30.7 Å². The summed E-state index contributed by atoms with van der Waals surface area (Å²) in [5.74, 6) is 1.26. The first-order chi connectivity index (χ1) is 14.0. The highest BCUT2D eigenvalue weighted by molar-refractivity contribution is 6.08. The van der Waals surface area contributed by atoms with Crippen LogP contribution in [0.1, 0.15) is 18.9 Å². The van der Waals surface area contributed by atoms with Crippen molar-refractivity contribution in [3.8, 4) is 22.9 Å². The molecule has 1 N–H and O–H groups in total. The summed E-state index contributed by atoms with van der Waals surface area (Å²) in [6.07, 6.45) is 6.26. The SMILES string of the molecule is CCCOc1ccc2c(c1)OCC(C(=O)Nc1cn(C)nc1-c1ccnn1C)=C2. The van der Waals surface area contributed by atoms with Gasteiger partial charge in [0.2, 0.25) is 0 Å². The largest absolute Gasteiger partial charge is 0.493 e. The van der Waals surface area contributed by atoms with Crippen LogP contribution in [0.15, 0.2) is 42.2 Å². The van der Waals surface area contributed by atoms with Crippen LogP contribution >= 0.6 is 0 Å². The number of nitrogens with zero attached hydrogens (tertiary/aromatic N) is 4. The number of hydrogen-bond donors (Lipinski definition) is 1. The molecular weight excluding hydrogens is 370 g/mol. The average molecular weight is 393 g/mol. The summed E-state index contributed by atoms with van der Waals surface area (Å²) < 4.78 is 14.8. The van der Waals surface area contributed by atoms with Crippen molar-refractivity contribution in [2.24, 2.45) is 14.1 Å². The normalized spacial score (nSPS) is 12.7. The number of ether oxygens (including phenoxy) is 2. The molecule has 8 heteroatoms. The predicted octanol–water partition coefficient (Wildman–Crippen LogP) is 3.02. The van der Waals surface area contributed by atoms with Crippen molar-refractivity contribution in [3.05, 3.63) is 47.8 Å². The fraction of sp³-hybridized carbons (Fsp3) is 0.286. The highest BCUT2D eigenvalue weighted by Crippen LogP contribution is 2.31. The molecule has 3 aromatic rings. The van der Waals surface area contributed by atoms with Crippen LogP contribution in [0.2, 0.25) is 0 Å². The summed E-state index contributed by atoms with van der Waals surface area (Å²) in [6, 6.07) is 7.50. The van der Waals surface area contributed by atoms with Gasteiger partial charge < -0.3 is 14.8 Å². The van der Waals surface area contributed by atoms with Crippen molar-refractivity contribution in [2.75, 3.05) is 18.5 Å². The molecule has 1 aliphatic heterocycles. The van der Waals surface area contributed by atoms with E-state index in [0.29, 0.717) is 29.3 Å². The molecule has 1 aliphatic rings. The van der Waals surface area contributed by atoms with E-state index in [1.54, 1.807) is 21.8 Å². The Balaban J connectivity index is 1.55. The highest BCUT2D eigenvalue weighted by Gasteiger charge is 2.21. The Morgan fingerprint density at radius 3 is 2.93 bits per heavy atom. The minimum Gasteiger partial charge on any atom is -0.493 e. The van der Waals surface area contributed by atoms with Gasteiger partial charge in [-0.3, -0.25) is 14.2 Å². The number of hydrogen-bond acceptors (Lipinski definition) is 5. The zero-order valence-corrected chi connectivity index (χ0v) is 16.7. The summed E-state index contributed by atoms with van der Waals surface area (Å²) in [5, 5.41) is 11.6. The van der Waals surface area contributed by atoms with Crippen LogP contribution in [0.4, 0.5) is 5.69 Å². The number of amides is 1. The Kier molecular flexibility index (Phi) is 5.07. The lowest BCUT2D eigenvalue weighted by atomic mass is 10.1. The predicted molar refractivity (Wildman–Crippen MR) is 110 cm³/mol. The van der Waals surface area contributed by atoms with Crippen molar-refractivity contribution >= 4 is 17.7 Å². The lowest BCUT2D eigenvalue weighted by Crippen LogP contribution is -2.21. The third-order valence-electron chi connectivity index (χ3n) is 4.60. The molecule has 3 heterocycles. The first-order valence-electron chi connectivity index (χ1n) is 9.48. The second-order valence-corrected chi connectivity index (χ2v) is 6.87. The summed E-state index contributed by atoms with van der Waals surface area (Å²) in [4.78, 5) is 12.9. The van der Waals surface area contributed by atoms with Gasteiger partial charge in [-0.2, -0.15) is 10.2 Å². The summed E-state index contributed by atoms with van der Waals surface area (Å²) in [5.41, 5.74) is 3.50. The number of carbonyl (C=O) groups excluding carboxylic acids is 1. The van der Waals surface area contributed by atoms with E-state index >= 15 is 0 Å². The van der Waals surface area contributed by atoms with Crippen LogP contribution in [-0.4, -0.2) is 38.7 Å². The van der Waals surface area contributed by atoms with E-state index < -0.39 is 0 Å². The minimum absolute atomic E-state index is 0.192. The second kappa shape index (κ2) is 7.83. The van der Waals surface area contributed by atoms with Gasteiger partial charge in [0.25, 0.3) is 5.91 Å². The maximum atomic E-state index is 12.9. The standard InChI is InChI=1S/C21H23N5O3/c1-4-9-28-16-6-5-14-10-15(13-29-19(14)11-16)21(27)23-17-12-25(2)24-20(17)18-7-8-22-26(18)3/h5-8,10-12H,4,9,13H2,1-3H3,(H,23,27). The summed E-state index contributed by atoms with van der Waals surface area (Å²) in [7, 11) is 3.65. The summed E-state index contributed by atoms with van der Waals surface area (Å²) >= 11 is 0. The highest BCUT2D eigenvalue weighted by atomic mass is 16.5. The molecule has 4 rings (SSSR count). The van der Waals surface area contributed by atoms with Crippen molar-refractivity contribution in [1.29, 1.82) is 0 Å². The van der Waals surface area contributed by atoms with Gasteiger partial charge in [-0.25, -0.2) is 0 Å². The van der Waals surface area contributed by atoms with Crippen molar-refractivity contribution in [1.82, 2.24) is 19.6 Å². The van der Waals surface area contributed by atoms with Gasteiger partial charge in [-0.15, -0.1) is 0 Å². The third kappa shape index (κ3) is 3.87.